The van der Waals surface area contributed by atoms with Gasteiger partial charge in [-0.2, -0.15) is 4.98 Å². The van der Waals surface area contributed by atoms with Gasteiger partial charge in [0.15, 0.2) is 0 Å². The SMILES string of the molecule is CCC1(c2nc(C3(C)CCCO3)no2)CCNC1. The molecule has 0 aromatic carbocycles. The maximum atomic E-state index is 5.77. The van der Waals surface area contributed by atoms with E-state index in [-0.39, 0.29) is 11.0 Å². The zero-order valence-electron chi connectivity index (χ0n) is 11.2. The summed E-state index contributed by atoms with van der Waals surface area (Å²) in [5.41, 5.74) is -0.317. The second kappa shape index (κ2) is 4.31. The van der Waals surface area contributed by atoms with Gasteiger partial charge in [0.1, 0.15) is 5.60 Å². The summed E-state index contributed by atoms with van der Waals surface area (Å²) in [6.45, 7) is 6.99. The van der Waals surface area contributed by atoms with E-state index < -0.39 is 0 Å². The van der Waals surface area contributed by atoms with Gasteiger partial charge in [-0.05, 0) is 39.2 Å². The van der Waals surface area contributed by atoms with Gasteiger partial charge in [-0.3, -0.25) is 0 Å². The molecule has 0 amide bonds. The summed E-state index contributed by atoms with van der Waals surface area (Å²) >= 11 is 0. The van der Waals surface area contributed by atoms with Crippen molar-refractivity contribution in [3.8, 4) is 0 Å². The number of hydrogen-bond donors (Lipinski definition) is 1. The van der Waals surface area contributed by atoms with Crippen molar-refractivity contribution in [1.82, 2.24) is 15.5 Å². The number of nitrogens with one attached hydrogen (secondary N) is 1. The smallest absolute Gasteiger partial charge is 0.234 e. The molecule has 0 saturated carbocycles. The normalized spacial score (nSPS) is 36.3. The molecule has 3 heterocycles. The van der Waals surface area contributed by atoms with Gasteiger partial charge in [0.05, 0.1) is 5.41 Å². The molecule has 18 heavy (non-hydrogen) atoms. The zero-order chi connectivity index (χ0) is 12.6. The van der Waals surface area contributed by atoms with Crippen LogP contribution in [-0.4, -0.2) is 29.8 Å². The third-order valence-corrected chi connectivity index (χ3v) is 4.49. The van der Waals surface area contributed by atoms with Gasteiger partial charge >= 0.3 is 0 Å². The highest BCUT2D eigenvalue weighted by Crippen LogP contribution is 2.37. The Morgan fingerprint density at radius 3 is 2.89 bits per heavy atom. The Kier molecular flexibility index (Phi) is 2.90. The molecule has 2 atom stereocenters. The van der Waals surface area contributed by atoms with E-state index in [9.17, 15) is 0 Å². The first kappa shape index (κ1) is 12.1. The lowest BCUT2D eigenvalue weighted by atomic mass is 9.84. The molecule has 2 aliphatic heterocycles. The Hall–Kier alpha value is -0.940. The Labute approximate surface area is 107 Å². The fourth-order valence-corrected chi connectivity index (χ4v) is 2.99. The molecule has 100 valence electrons. The summed E-state index contributed by atoms with van der Waals surface area (Å²) in [6, 6.07) is 0. The van der Waals surface area contributed by atoms with E-state index in [0.29, 0.717) is 0 Å². The molecule has 1 aromatic rings. The lowest BCUT2D eigenvalue weighted by molar-refractivity contribution is 0.00768. The summed E-state index contributed by atoms with van der Waals surface area (Å²) in [4.78, 5) is 4.65. The zero-order valence-corrected chi connectivity index (χ0v) is 11.2. The molecule has 5 heteroatoms. The molecule has 5 nitrogen and oxygen atoms in total. The number of aromatic nitrogens is 2. The van der Waals surface area contributed by atoms with Crippen LogP contribution in [0.15, 0.2) is 4.52 Å². The molecular weight excluding hydrogens is 230 g/mol. The first-order valence-electron chi connectivity index (χ1n) is 6.88. The van der Waals surface area contributed by atoms with Crippen molar-refractivity contribution in [2.45, 2.75) is 50.5 Å². The van der Waals surface area contributed by atoms with Gasteiger partial charge < -0.3 is 14.6 Å². The minimum absolute atomic E-state index is 0.0280. The van der Waals surface area contributed by atoms with Crippen LogP contribution in [0.4, 0.5) is 0 Å². The summed E-state index contributed by atoms with van der Waals surface area (Å²) < 4.78 is 11.3. The third-order valence-electron chi connectivity index (χ3n) is 4.49. The molecule has 0 aliphatic carbocycles. The minimum Gasteiger partial charge on any atom is -0.367 e. The van der Waals surface area contributed by atoms with Crippen molar-refractivity contribution in [1.29, 1.82) is 0 Å². The lowest BCUT2D eigenvalue weighted by Gasteiger charge is -2.21. The quantitative estimate of drug-likeness (QED) is 0.886. The topological polar surface area (TPSA) is 60.2 Å². The number of ether oxygens (including phenoxy) is 1. The summed E-state index contributed by atoms with van der Waals surface area (Å²) in [7, 11) is 0. The molecule has 2 fully saturated rings. The average molecular weight is 251 g/mol. The first-order valence-corrected chi connectivity index (χ1v) is 6.88. The van der Waals surface area contributed by atoms with Crippen molar-refractivity contribution in [2.24, 2.45) is 0 Å². The van der Waals surface area contributed by atoms with Crippen LogP contribution < -0.4 is 5.32 Å². The fourth-order valence-electron chi connectivity index (χ4n) is 2.99. The third kappa shape index (κ3) is 1.77. The second-order valence-electron chi connectivity index (χ2n) is 5.67. The van der Waals surface area contributed by atoms with Gasteiger partial charge in [-0.25, -0.2) is 0 Å². The molecule has 2 saturated heterocycles. The van der Waals surface area contributed by atoms with E-state index in [2.05, 4.69) is 29.3 Å². The number of hydrogen-bond acceptors (Lipinski definition) is 5. The number of rotatable bonds is 3. The monoisotopic (exact) mass is 251 g/mol. The molecule has 1 N–H and O–H groups in total. The van der Waals surface area contributed by atoms with Crippen LogP contribution in [0.3, 0.4) is 0 Å². The standard InChI is InChI=1S/C13H21N3O2/c1-3-13(6-7-14-9-13)11-15-10(16-18-11)12(2)5-4-8-17-12/h14H,3-9H2,1-2H3. The lowest BCUT2D eigenvalue weighted by Crippen LogP contribution is -2.29. The average Bonchev–Trinajstić information content (AvgIpc) is 3.09. The molecule has 0 radical (unpaired) electrons. The van der Waals surface area contributed by atoms with Crippen molar-refractivity contribution < 1.29 is 9.26 Å². The van der Waals surface area contributed by atoms with Gasteiger partial charge in [-0.15, -0.1) is 0 Å². The summed E-state index contributed by atoms with van der Waals surface area (Å²) in [5, 5.41) is 7.56. The maximum Gasteiger partial charge on any atom is 0.234 e. The molecule has 0 spiro atoms. The Morgan fingerprint density at radius 2 is 2.28 bits per heavy atom. The Bertz CT molecular complexity index is 418. The molecule has 2 aliphatic rings. The van der Waals surface area contributed by atoms with E-state index >= 15 is 0 Å². The molecule has 3 rings (SSSR count). The summed E-state index contributed by atoms with van der Waals surface area (Å²) in [6.07, 6.45) is 4.14. The van der Waals surface area contributed by atoms with Crippen molar-refractivity contribution in [3.63, 3.8) is 0 Å². The van der Waals surface area contributed by atoms with E-state index in [4.69, 9.17) is 9.26 Å². The van der Waals surface area contributed by atoms with Crippen LogP contribution in [0, 0.1) is 0 Å². The fraction of sp³-hybridized carbons (Fsp3) is 0.846. The van der Waals surface area contributed by atoms with Crippen LogP contribution in [0.5, 0.6) is 0 Å². The highest BCUT2D eigenvalue weighted by Gasteiger charge is 2.42. The first-order chi connectivity index (χ1) is 8.69. The van der Waals surface area contributed by atoms with Gasteiger partial charge in [0.25, 0.3) is 0 Å². The van der Waals surface area contributed by atoms with Gasteiger partial charge in [-0.1, -0.05) is 12.1 Å². The van der Waals surface area contributed by atoms with Gasteiger partial charge in [0.2, 0.25) is 11.7 Å². The van der Waals surface area contributed by atoms with Crippen molar-refractivity contribution in [3.05, 3.63) is 11.7 Å². The number of nitrogens with zero attached hydrogens (tertiary/aromatic N) is 2. The molecular formula is C13H21N3O2. The van der Waals surface area contributed by atoms with Gasteiger partial charge in [0, 0.05) is 13.2 Å². The van der Waals surface area contributed by atoms with Crippen LogP contribution >= 0.6 is 0 Å². The van der Waals surface area contributed by atoms with Crippen molar-refractivity contribution >= 4 is 0 Å². The van der Waals surface area contributed by atoms with E-state index in [1.165, 1.54) is 0 Å². The van der Waals surface area contributed by atoms with E-state index in [1.807, 2.05) is 0 Å². The van der Waals surface area contributed by atoms with Crippen molar-refractivity contribution in [2.75, 3.05) is 19.7 Å². The minimum atomic E-state index is -0.345. The second-order valence-corrected chi connectivity index (χ2v) is 5.67. The van der Waals surface area contributed by atoms with E-state index in [1.54, 1.807) is 0 Å². The highest BCUT2D eigenvalue weighted by molar-refractivity contribution is 5.12. The Morgan fingerprint density at radius 1 is 1.39 bits per heavy atom. The summed E-state index contributed by atoms with van der Waals surface area (Å²) in [5.74, 6) is 1.50. The predicted octanol–water partition coefficient (Wildman–Crippen LogP) is 1.74. The van der Waals surface area contributed by atoms with Crippen LogP contribution in [0.2, 0.25) is 0 Å². The van der Waals surface area contributed by atoms with Crippen LogP contribution in [0.25, 0.3) is 0 Å². The van der Waals surface area contributed by atoms with E-state index in [0.717, 1.165) is 57.1 Å². The molecule has 2 unspecified atom stereocenters. The van der Waals surface area contributed by atoms with Crippen LogP contribution in [-0.2, 0) is 15.8 Å². The Balaban J connectivity index is 1.89. The largest absolute Gasteiger partial charge is 0.367 e. The highest BCUT2D eigenvalue weighted by atomic mass is 16.5. The maximum absolute atomic E-state index is 5.77. The van der Waals surface area contributed by atoms with Crippen LogP contribution in [0.1, 0.15) is 51.2 Å². The molecule has 1 aromatic heterocycles. The predicted molar refractivity (Wildman–Crippen MR) is 66.3 cm³/mol. The molecule has 0 bridgehead atoms.